The fourth-order valence-electron chi connectivity index (χ4n) is 5.07. The van der Waals surface area contributed by atoms with E-state index in [4.69, 9.17) is 0 Å². The Morgan fingerprint density at radius 2 is 1.91 bits per heavy atom. The minimum absolute atomic E-state index is 0.365. The van der Waals surface area contributed by atoms with Crippen molar-refractivity contribution in [2.24, 2.45) is 11.3 Å². The molecule has 35 heavy (non-hydrogen) atoms. The smallest absolute Gasteiger partial charge is 0.307 e. The maximum atomic E-state index is 11.7. The van der Waals surface area contributed by atoms with Crippen molar-refractivity contribution in [3.05, 3.63) is 46.7 Å². The summed E-state index contributed by atoms with van der Waals surface area (Å²) in [6, 6.07) is 6.14. The number of benzene rings is 1. The van der Waals surface area contributed by atoms with Crippen LogP contribution < -0.4 is 10.2 Å². The standard InChI is InChI=1S/C26H33N5O3S/c1-15-9-17(11-18(10-15)29-24-28-12-16(2)21(30-24)31(5)6)20-13-27-23(35-20)26(34)8-7-19(22(32)33)25(3,4)14-26/h9-13,19,34H,7-8,14H2,1-6H3,(H,32,33)(H,28,29,30)/t19-,26-/m1/s1. The molecule has 1 aromatic carbocycles. The second kappa shape index (κ2) is 9.20. The van der Waals surface area contributed by atoms with Gasteiger partial charge >= 0.3 is 5.97 Å². The molecule has 0 spiro atoms. The molecule has 1 aliphatic carbocycles. The number of hydrogen-bond acceptors (Lipinski definition) is 8. The monoisotopic (exact) mass is 495 g/mol. The van der Waals surface area contributed by atoms with Crippen molar-refractivity contribution in [1.29, 1.82) is 0 Å². The summed E-state index contributed by atoms with van der Waals surface area (Å²) in [4.78, 5) is 28.2. The van der Waals surface area contributed by atoms with Crippen LogP contribution in [0.25, 0.3) is 10.4 Å². The SMILES string of the molecule is Cc1cc(Nc2ncc(C)c(N(C)C)n2)cc(-c2cnc([C@@]3(O)CC[C@H](C(=O)O)C(C)(C)C3)s2)c1. The van der Waals surface area contributed by atoms with Crippen LogP contribution in [0.3, 0.4) is 0 Å². The number of anilines is 3. The van der Waals surface area contributed by atoms with E-state index in [9.17, 15) is 15.0 Å². The molecule has 0 unspecified atom stereocenters. The highest BCUT2D eigenvalue weighted by Crippen LogP contribution is 2.50. The summed E-state index contributed by atoms with van der Waals surface area (Å²) >= 11 is 1.46. The number of carboxylic acids is 1. The van der Waals surface area contributed by atoms with Gasteiger partial charge in [0.25, 0.3) is 0 Å². The Morgan fingerprint density at radius 3 is 2.57 bits per heavy atom. The lowest BCUT2D eigenvalue weighted by atomic mass is 9.63. The molecule has 3 N–H and O–H groups in total. The molecule has 0 bridgehead atoms. The van der Waals surface area contributed by atoms with Crippen LogP contribution in [0, 0.1) is 25.2 Å². The Morgan fingerprint density at radius 1 is 1.17 bits per heavy atom. The average Bonchev–Trinajstić information content (AvgIpc) is 3.25. The number of aliphatic carboxylic acids is 1. The van der Waals surface area contributed by atoms with Gasteiger partial charge in [-0.1, -0.05) is 19.9 Å². The van der Waals surface area contributed by atoms with Crippen molar-refractivity contribution in [3.8, 4) is 10.4 Å². The molecule has 0 saturated heterocycles. The van der Waals surface area contributed by atoms with Crippen molar-refractivity contribution in [3.63, 3.8) is 0 Å². The third-order valence-corrected chi connectivity index (χ3v) is 7.97. The summed E-state index contributed by atoms with van der Waals surface area (Å²) in [5.41, 5.74) is 2.28. The van der Waals surface area contributed by atoms with Gasteiger partial charge in [-0.05, 0) is 61.8 Å². The van der Waals surface area contributed by atoms with Crippen molar-refractivity contribution < 1.29 is 15.0 Å². The molecule has 9 heteroatoms. The molecule has 0 aliphatic heterocycles. The predicted molar refractivity (Wildman–Crippen MR) is 139 cm³/mol. The summed E-state index contributed by atoms with van der Waals surface area (Å²) in [7, 11) is 3.91. The lowest BCUT2D eigenvalue weighted by Gasteiger charge is -2.44. The first-order valence-electron chi connectivity index (χ1n) is 11.7. The number of aromatic nitrogens is 3. The van der Waals surface area contributed by atoms with Crippen LogP contribution >= 0.6 is 11.3 Å². The van der Waals surface area contributed by atoms with E-state index >= 15 is 0 Å². The van der Waals surface area contributed by atoms with Gasteiger partial charge in [0.15, 0.2) is 0 Å². The number of nitrogens with one attached hydrogen (secondary N) is 1. The molecule has 0 radical (unpaired) electrons. The van der Waals surface area contributed by atoms with Gasteiger partial charge in [-0.25, -0.2) is 9.97 Å². The van der Waals surface area contributed by atoms with E-state index in [0.29, 0.717) is 30.2 Å². The predicted octanol–water partition coefficient (Wildman–Crippen LogP) is 5.13. The van der Waals surface area contributed by atoms with Crippen LogP contribution in [0.5, 0.6) is 0 Å². The van der Waals surface area contributed by atoms with Crippen LogP contribution in [-0.4, -0.2) is 45.2 Å². The fraction of sp³-hybridized carbons (Fsp3) is 0.462. The number of aliphatic hydroxyl groups is 1. The third kappa shape index (κ3) is 5.16. The number of rotatable bonds is 6. The fourth-order valence-corrected chi connectivity index (χ4v) is 6.09. The zero-order valence-corrected chi connectivity index (χ0v) is 21.9. The van der Waals surface area contributed by atoms with Crippen molar-refractivity contribution in [2.45, 2.75) is 52.6 Å². The molecule has 0 amide bonds. The Kier molecular flexibility index (Phi) is 6.59. The molecule has 8 nitrogen and oxygen atoms in total. The second-order valence-electron chi connectivity index (χ2n) is 10.5. The Bertz CT molecular complexity index is 1260. The first kappa shape index (κ1) is 25.1. The normalized spacial score (nSPS) is 21.5. The molecule has 2 atom stereocenters. The van der Waals surface area contributed by atoms with E-state index in [-0.39, 0.29) is 0 Å². The molecular formula is C26H33N5O3S. The molecule has 3 aromatic rings. The Balaban J connectivity index is 1.59. The minimum Gasteiger partial charge on any atom is -0.481 e. The zero-order chi connectivity index (χ0) is 25.5. The van der Waals surface area contributed by atoms with Crippen LogP contribution in [-0.2, 0) is 10.4 Å². The van der Waals surface area contributed by atoms with Crippen molar-refractivity contribution >= 4 is 34.8 Å². The highest BCUT2D eigenvalue weighted by Gasteiger charge is 2.49. The van der Waals surface area contributed by atoms with Gasteiger partial charge in [0.2, 0.25) is 5.95 Å². The highest BCUT2D eigenvalue weighted by atomic mass is 32.1. The van der Waals surface area contributed by atoms with Crippen LogP contribution in [0.4, 0.5) is 17.5 Å². The van der Waals surface area contributed by atoms with Gasteiger partial charge in [-0.2, -0.15) is 4.98 Å². The number of carboxylic acid groups (broad SMARTS) is 1. The quantitative estimate of drug-likeness (QED) is 0.432. The van der Waals surface area contributed by atoms with E-state index in [1.165, 1.54) is 11.3 Å². The van der Waals surface area contributed by atoms with Crippen LogP contribution in [0.1, 0.15) is 49.2 Å². The Labute approximate surface area is 210 Å². The van der Waals surface area contributed by atoms with Gasteiger partial charge < -0.3 is 20.4 Å². The topological polar surface area (TPSA) is 111 Å². The van der Waals surface area contributed by atoms with Crippen molar-refractivity contribution in [2.75, 3.05) is 24.3 Å². The molecule has 1 saturated carbocycles. The average molecular weight is 496 g/mol. The lowest BCUT2D eigenvalue weighted by Crippen LogP contribution is -2.44. The number of aryl methyl sites for hydroxylation is 2. The van der Waals surface area contributed by atoms with Crippen LogP contribution in [0.2, 0.25) is 0 Å². The molecule has 4 rings (SSSR count). The molecule has 2 heterocycles. The van der Waals surface area contributed by atoms with Gasteiger partial charge in [0, 0.05) is 37.7 Å². The molecule has 2 aromatic heterocycles. The molecule has 1 fully saturated rings. The lowest BCUT2D eigenvalue weighted by molar-refractivity contribution is -0.154. The maximum Gasteiger partial charge on any atom is 0.307 e. The number of hydrogen-bond donors (Lipinski definition) is 3. The summed E-state index contributed by atoms with van der Waals surface area (Å²) in [6.45, 7) is 7.84. The van der Waals surface area contributed by atoms with E-state index in [1.54, 1.807) is 12.4 Å². The highest BCUT2D eigenvalue weighted by molar-refractivity contribution is 7.15. The van der Waals surface area contributed by atoms with E-state index in [0.717, 1.165) is 33.1 Å². The van der Waals surface area contributed by atoms with Crippen LogP contribution in [0.15, 0.2) is 30.6 Å². The van der Waals surface area contributed by atoms with Gasteiger partial charge in [-0.15, -0.1) is 11.3 Å². The summed E-state index contributed by atoms with van der Waals surface area (Å²) in [5, 5.41) is 25.0. The number of nitrogens with zero attached hydrogens (tertiary/aromatic N) is 4. The first-order valence-corrected chi connectivity index (χ1v) is 12.5. The third-order valence-electron chi connectivity index (χ3n) is 6.73. The van der Waals surface area contributed by atoms with E-state index in [1.807, 2.05) is 58.8 Å². The zero-order valence-electron chi connectivity index (χ0n) is 21.1. The molecule has 186 valence electrons. The van der Waals surface area contributed by atoms with Gasteiger partial charge in [-0.3, -0.25) is 4.79 Å². The van der Waals surface area contributed by atoms with Gasteiger partial charge in [0.1, 0.15) is 16.4 Å². The molecular weight excluding hydrogens is 462 g/mol. The van der Waals surface area contributed by atoms with E-state index in [2.05, 4.69) is 26.3 Å². The summed E-state index contributed by atoms with van der Waals surface area (Å²) < 4.78 is 0. The van der Waals surface area contributed by atoms with Crippen molar-refractivity contribution in [1.82, 2.24) is 15.0 Å². The maximum absolute atomic E-state index is 11.7. The number of carbonyl (C=O) groups is 1. The van der Waals surface area contributed by atoms with E-state index < -0.39 is 22.9 Å². The number of thiazole rings is 1. The first-order chi connectivity index (χ1) is 16.4. The largest absolute Gasteiger partial charge is 0.481 e. The second-order valence-corrected chi connectivity index (χ2v) is 11.5. The minimum atomic E-state index is -1.12. The summed E-state index contributed by atoms with van der Waals surface area (Å²) in [5.74, 6) is 0.111. The summed E-state index contributed by atoms with van der Waals surface area (Å²) in [6.07, 6.45) is 4.78. The molecule has 1 aliphatic rings. The van der Waals surface area contributed by atoms with Gasteiger partial charge in [0.05, 0.1) is 10.8 Å². The Hall–Kier alpha value is -3.04.